The molecule has 1 aliphatic rings. The summed E-state index contributed by atoms with van der Waals surface area (Å²) in [5.41, 5.74) is 0.565. The Morgan fingerprint density at radius 3 is 3.06 bits per heavy atom. The molecule has 1 aromatic carbocycles. The third-order valence-electron chi connectivity index (χ3n) is 2.84. The van der Waals surface area contributed by atoms with E-state index in [0.717, 1.165) is 24.1 Å². The van der Waals surface area contributed by atoms with E-state index in [-0.39, 0.29) is 5.91 Å². The van der Waals surface area contributed by atoms with E-state index in [1.165, 1.54) is 0 Å². The van der Waals surface area contributed by atoms with Crippen LogP contribution in [0.4, 0.5) is 0 Å². The Kier molecular flexibility index (Phi) is 4.07. The van der Waals surface area contributed by atoms with E-state index in [9.17, 15) is 4.79 Å². The number of nitrogens with one attached hydrogen (secondary N) is 1. The highest BCUT2D eigenvalue weighted by Gasteiger charge is 2.23. The molecule has 1 aliphatic heterocycles. The van der Waals surface area contributed by atoms with Crippen molar-refractivity contribution in [1.82, 2.24) is 10.2 Å². The minimum Gasteiger partial charge on any atom is -0.336 e. The Balaban J connectivity index is 2.22. The summed E-state index contributed by atoms with van der Waals surface area (Å²) in [5, 5.41) is 3.80. The molecule has 2 rings (SSSR count). The molecule has 1 amide bonds. The Morgan fingerprint density at radius 2 is 2.35 bits per heavy atom. The Morgan fingerprint density at radius 1 is 1.59 bits per heavy atom. The van der Waals surface area contributed by atoms with Gasteiger partial charge in [-0.15, -0.1) is 0 Å². The van der Waals surface area contributed by atoms with Crippen molar-refractivity contribution in [3.63, 3.8) is 0 Å². The number of benzene rings is 1. The molecule has 5 heteroatoms. The van der Waals surface area contributed by atoms with Crippen LogP contribution in [-0.2, 0) is 0 Å². The molecule has 0 radical (unpaired) electrons. The van der Waals surface area contributed by atoms with Gasteiger partial charge in [0, 0.05) is 30.1 Å². The van der Waals surface area contributed by atoms with Gasteiger partial charge in [0.1, 0.15) is 0 Å². The molecule has 92 valence electrons. The topological polar surface area (TPSA) is 32.3 Å². The number of carbonyl (C=O) groups excluding carboxylic acids is 1. The van der Waals surface area contributed by atoms with Crippen LogP contribution in [0.5, 0.6) is 0 Å². The molecule has 0 unspecified atom stereocenters. The molecular formula is C12H14BrClN2O. The summed E-state index contributed by atoms with van der Waals surface area (Å²) in [7, 11) is 0. The summed E-state index contributed by atoms with van der Waals surface area (Å²) in [6.07, 6.45) is 0. The zero-order chi connectivity index (χ0) is 12.4. The van der Waals surface area contributed by atoms with Crippen molar-refractivity contribution < 1.29 is 4.79 Å². The second-order valence-electron chi connectivity index (χ2n) is 4.21. The summed E-state index contributed by atoms with van der Waals surface area (Å²) in [6.45, 7) is 4.36. The maximum absolute atomic E-state index is 12.3. The van der Waals surface area contributed by atoms with Crippen LogP contribution in [0.3, 0.4) is 0 Å². The minimum atomic E-state index is 0.00431. The van der Waals surface area contributed by atoms with Crippen molar-refractivity contribution in [2.45, 2.75) is 13.0 Å². The lowest BCUT2D eigenvalue weighted by molar-refractivity contribution is 0.0709. The van der Waals surface area contributed by atoms with Crippen LogP contribution >= 0.6 is 27.5 Å². The van der Waals surface area contributed by atoms with Gasteiger partial charge in [0.25, 0.3) is 5.91 Å². The predicted octanol–water partition coefficient (Wildman–Crippen LogP) is 2.54. The molecule has 1 atom stereocenters. The number of piperazine rings is 1. The SMILES string of the molecule is C[C@H]1CN(C(=O)c2cccc(Br)c2Cl)CCN1. The molecule has 0 aliphatic carbocycles. The Labute approximate surface area is 114 Å². The van der Waals surface area contributed by atoms with Gasteiger partial charge in [-0.25, -0.2) is 0 Å². The highest BCUT2D eigenvalue weighted by molar-refractivity contribution is 9.10. The smallest absolute Gasteiger partial charge is 0.255 e. The first-order valence-corrected chi connectivity index (χ1v) is 6.73. The standard InChI is InChI=1S/C12H14BrClN2O/c1-8-7-16(6-5-15-8)12(17)9-3-2-4-10(13)11(9)14/h2-4,8,15H,5-7H2,1H3/t8-/m0/s1. The number of rotatable bonds is 1. The van der Waals surface area contributed by atoms with Crippen molar-refractivity contribution in [3.8, 4) is 0 Å². The van der Waals surface area contributed by atoms with Crippen molar-refractivity contribution in [2.24, 2.45) is 0 Å². The maximum Gasteiger partial charge on any atom is 0.255 e. The summed E-state index contributed by atoms with van der Waals surface area (Å²) in [6, 6.07) is 5.76. The van der Waals surface area contributed by atoms with E-state index in [1.54, 1.807) is 6.07 Å². The number of amides is 1. The van der Waals surface area contributed by atoms with Crippen LogP contribution in [0.1, 0.15) is 17.3 Å². The number of hydrogen-bond acceptors (Lipinski definition) is 2. The van der Waals surface area contributed by atoms with Crippen molar-refractivity contribution in [1.29, 1.82) is 0 Å². The molecule has 0 aromatic heterocycles. The number of hydrogen-bond donors (Lipinski definition) is 1. The van der Waals surface area contributed by atoms with Gasteiger partial charge in [-0.3, -0.25) is 4.79 Å². The van der Waals surface area contributed by atoms with E-state index < -0.39 is 0 Å². The number of carbonyl (C=O) groups is 1. The average Bonchev–Trinajstić information content (AvgIpc) is 2.32. The summed E-state index contributed by atoms with van der Waals surface area (Å²) in [5.74, 6) is 0.00431. The molecular weight excluding hydrogens is 304 g/mol. The van der Waals surface area contributed by atoms with Crippen LogP contribution in [0.25, 0.3) is 0 Å². The zero-order valence-electron chi connectivity index (χ0n) is 9.54. The van der Waals surface area contributed by atoms with Gasteiger partial charge >= 0.3 is 0 Å². The fourth-order valence-electron chi connectivity index (χ4n) is 1.96. The first-order valence-electron chi connectivity index (χ1n) is 5.56. The average molecular weight is 318 g/mol. The molecule has 0 saturated carbocycles. The predicted molar refractivity (Wildman–Crippen MR) is 72.5 cm³/mol. The van der Waals surface area contributed by atoms with Gasteiger partial charge in [0.2, 0.25) is 0 Å². The summed E-state index contributed by atoms with van der Waals surface area (Å²) >= 11 is 9.47. The Hall–Kier alpha value is -0.580. The third kappa shape index (κ3) is 2.81. The van der Waals surface area contributed by atoms with Crippen LogP contribution in [0, 0.1) is 0 Å². The van der Waals surface area contributed by atoms with Crippen LogP contribution < -0.4 is 5.32 Å². The third-order valence-corrected chi connectivity index (χ3v) is 4.13. The first-order chi connectivity index (χ1) is 8.09. The summed E-state index contributed by atoms with van der Waals surface area (Å²) < 4.78 is 0.758. The molecule has 0 bridgehead atoms. The van der Waals surface area contributed by atoms with E-state index in [2.05, 4.69) is 28.2 Å². The van der Waals surface area contributed by atoms with Gasteiger partial charge in [0.15, 0.2) is 0 Å². The van der Waals surface area contributed by atoms with Crippen molar-refractivity contribution in [2.75, 3.05) is 19.6 Å². The lowest BCUT2D eigenvalue weighted by Gasteiger charge is -2.32. The molecule has 3 nitrogen and oxygen atoms in total. The monoisotopic (exact) mass is 316 g/mol. The first kappa shape index (κ1) is 12.9. The molecule has 1 aromatic rings. The second-order valence-corrected chi connectivity index (χ2v) is 5.44. The van der Waals surface area contributed by atoms with Crippen LogP contribution in [0.15, 0.2) is 22.7 Å². The molecule has 1 fully saturated rings. The van der Waals surface area contributed by atoms with Crippen LogP contribution in [-0.4, -0.2) is 36.5 Å². The minimum absolute atomic E-state index is 0.00431. The van der Waals surface area contributed by atoms with Crippen molar-refractivity contribution >= 4 is 33.4 Å². The highest BCUT2D eigenvalue weighted by Crippen LogP contribution is 2.27. The lowest BCUT2D eigenvalue weighted by atomic mass is 10.1. The lowest BCUT2D eigenvalue weighted by Crippen LogP contribution is -2.51. The highest BCUT2D eigenvalue weighted by atomic mass is 79.9. The van der Waals surface area contributed by atoms with E-state index >= 15 is 0 Å². The van der Waals surface area contributed by atoms with E-state index in [4.69, 9.17) is 11.6 Å². The second kappa shape index (κ2) is 5.38. The number of halogens is 2. The normalized spacial score (nSPS) is 20.4. The summed E-state index contributed by atoms with van der Waals surface area (Å²) in [4.78, 5) is 14.2. The van der Waals surface area contributed by atoms with Gasteiger partial charge in [-0.2, -0.15) is 0 Å². The molecule has 17 heavy (non-hydrogen) atoms. The maximum atomic E-state index is 12.3. The molecule has 1 heterocycles. The Bertz CT molecular complexity index is 439. The molecule has 1 saturated heterocycles. The largest absolute Gasteiger partial charge is 0.336 e. The fraction of sp³-hybridized carbons (Fsp3) is 0.417. The quantitative estimate of drug-likeness (QED) is 0.863. The van der Waals surface area contributed by atoms with Gasteiger partial charge in [-0.05, 0) is 35.0 Å². The van der Waals surface area contributed by atoms with Crippen LogP contribution in [0.2, 0.25) is 5.02 Å². The van der Waals surface area contributed by atoms with Crippen molar-refractivity contribution in [3.05, 3.63) is 33.3 Å². The van der Waals surface area contributed by atoms with Gasteiger partial charge in [0.05, 0.1) is 10.6 Å². The van der Waals surface area contributed by atoms with Gasteiger partial charge in [-0.1, -0.05) is 17.7 Å². The van der Waals surface area contributed by atoms with Gasteiger partial charge < -0.3 is 10.2 Å². The zero-order valence-corrected chi connectivity index (χ0v) is 11.9. The molecule has 1 N–H and O–H groups in total. The number of nitrogens with zero attached hydrogens (tertiary/aromatic N) is 1. The van der Waals surface area contributed by atoms with E-state index in [0.29, 0.717) is 16.6 Å². The molecule has 0 spiro atoms. The van der Waals surface area contributed by atoms with E-state index in [1.807, 2.05) is 17.0 Å². The fourth-order valence-corrected chi connectivity index (χ4v) is 2.53.